The molecule has 166 valence electrons. The first-order valence-electron chi connectivity index (χ1n) is 10.9. The number of aromatic hydroxyl groups is 1. The van der Waals surface area contributed by atoms with Crippen LogP contribution in [0.3, 0.4) is 0 Å². The lowest BCUT2D eigenvalue weighted by Gasteiger charge is -2.11. The van der Waals surface area contributed by atoms with Crippen molar-refractivity contribution in [2.75, 3.05) is 12.4 Å². The van der Waals surface area contributed by atoms with Crippen molar-refractivity contribution in [1.82, 2.24) is 0 Å². The SMILES string of the molecule is CCCCC(C)C(=O)c1ccc(-c2ccc(NC(=O)c3cc(O)cc(OC)c3)cc2)cc1. The zero-order valence-electron chi connectivity index (χ0n) is 18.7. The molecular formula is C27H29NO4. The Morgan fingerprint density at radius 2 is 1.56 bits per heavy atom. The summed E-state index contributed by atoms with van der Waals surface area (Å²) in [5, 5.41) is 12.6. The van der Waals surface area contributed by atoms with Gasteiger partial charge in [0, 0.05) is 28.8 Å². The second-order valence-electron chi connectivity index (χ2n) is 7.94. The maximum Gasteiger partial charge on any atom is 0.255 e. The Morgan fingerprint density at radius 1 is 0.938 bits per heavy atom. The van der Waals surface area contributed by atoms with Gasteiger partial charge in [0.2, 0.25) is 0 Å². The lowest BCUT2D eigenvalue weighted by molar-refractivity contribution is 0.0922. The molecule has 0 radical (unpaired) electrons. The van der Waals surface area contributed by atoms with Gasteiger partial charge >= 0.3 is 0 Å². The van der Waals surface area contributed by atoms with Crippen molar-refractivity contribution in [3.8, 4) is 22.6 Å². The zero-order chi connectivity index (χ0) is 23.1. The van der Waals surface area contributed by atoms with Gasteiger partial charge in [0.05, 0.1) is 7.11 Å². The molecule has 1 atom stereocenters. The fourth-order valence-corrected chi connectivity index (χ4v) is 3.53. The van der Waals surface area contributed by atoms with E-state index >= 15 is 0 Å². The Bertz CT molecular complexity index is 1070. The highest BCUT2D eigenvalue weighted by Gasteiger charge is 2.15. The van der Waals surface area contributed by atoms with Gasteiger partial charge in [0.25, 0.3) is 5.91 Å². The van der Waals surface area contributed by atoms with Crippen LogP contribution >= 0.6 is 0 Å². The van der Waals surface area contributed by atoms with Crippen LogP contribution in [0.2, 0.25) is 0 Å². The largest absolute Gasteiger partial charge is 0.508 e. The third kappa shape index (κ3) is 5.76. The first-order valence-corrected chi connectivity index (χ1v) is 10.9. The number of anilines is 1. The molecule has 0 aliphatic rings. The summed E-state index contributed by atoms with van der Waals surface area (Å²) in [6, 6.07) is 19.5. The van der Waals surface area contributed by atoms with E-state index in [1.54, 1.807) is 6.07 Å². The molecule has 0 spiro atoms. The zero-order valence-corrected chi connectivity index (χ0v) is 18.7. The smallest absolute Gasteiger partial charge is 0.255 e. The van der Waals surface area contributed by atoms with Crippen LogP contribution in [0.5, 0.6) is 11.5 Å². The molecule has 0 aliphatic carbocycles. The van der Waals surface area contributed by atoms with Crippen molar-refractivity contribution in [2.45, 2.75) is 33.1 Å². The Kier molecular flexibility index (Phi) is 7.66. The summed E-state index contributed by atoms with van der Waals surface area (Å²) >= 11 is 0. The van der Waals surface area contributed by atoms with E-state index in [2.05, 4.69) is 12.2 Å². The molecule has 3 rings (SSSR count). The first-order chi connectivity index (χ1) is 15.4. The van der Waals surface area contributed by atoms with Crippen molar-refractivity contribution in [3.05, 3.63) is 77.9 Å². The number of amides is 1. The molecule has 2 N–H and O–H groups in total. The van der Waals surface area contributed by atoms with E-state index in [9.17, 15) is 14.7 Å². The number of rotatable bonds is 9. The number of phenols is 1. The maximum absolute atomic E-state index is 12.6. The van der Waals surface area contributed by atoms with Crippen molar-refractivity contribution in [3.63, 3.8) is 0 Å². The van der Waals surface area contributed by atoms with Crippen molar-refractivity contribution in [2.24, 2.45) is 5.92 Å². The summed E-state index contributed by atoms with van der Waals surface area (Å²) in [6.07, 6.45) is 3.07. The molecule has 0 heterocycles. The third-order valence-electron chi connectivity index (χ3n) is 5.47. The third-order valence-corrected chi connectivity index (χ3v) is 5.47. The molecule has 0 bridgehead atoms. The molecule has 0 aliphatic heterocycles. The number of ketones is 1. The number of phenolic OH excluding ortho intramolecular Hbond substituents is 1. The Hall–Kier alpha value is -3.60. The lowest BCUT2D eigenvalue weighted by Crippen LogP contribution is -2.11. The summed E-state index contributed by atoms with van der Waals surface area (Å²) in [6.45, 7) is 4.12. The molecule has 0 saturated heterocycles. The number of methoxy groups -OCH3 is 1. The van der Waals surface area contributed by atoms with Crippen LogP contribution < -0.4 is 10.1 Å². The Balaban J connectivity index is 1.67. The number of carbonyl (C=O) groups excluding carboxylic acids is 2. The minimum absolute atomic E-state index is 0.0356. The van der Waals surface area contributed by atoms with Gasteiger partial charge in [0.1, 0.15) is 11.5 Å². The average molecular weight is 432 g/mol. The number of ether oxygens (including phenoxy) is 1. The summed E-state index contributed by atoms with van der Waals surface area (Å²) in [7, 11) is 1.48. The van der Waals surface area contributed by atoms with Gasteiger partial charge in [-0.1, -0.05) is 63.1 Å². The van der Waals surface area contributed by atoms with Gasteiger partial charge in [0.15, 0.2) is 5.78 Å². The van der Waals surface area contributed by atoms with E-state index in [1.165, 1.54) is 19.2 Å². The molecule has 3 aromatic rings. The molecular weight excluding hydrogens is 402 g/mol. The van der Waals surface area contributed by atoms with Gasteiger partial charge < -0.3 is 15.2 Å². The second-order valence-corrected chi connectivity index (χ2v) is 7.94. The monoisotopic (exact) mass is 431 g/mol. The van der Waals surface area contributed by atoms with E-state index in [1.807, 2.05) is 55.5 Å². The fourth-order valence-electron chi connectivity index (χ4n) is 3.53. The van der Waals surface area contributed by atoms with Crippen LogP contribution in [0.1, 0.15) is 53.8 Å². The predicted molar refractivity (Wildman–Crippen MR) is 128 cm³/mol. The second kappa shape index (κ2) is 10.6. The highest BCUT2D eigenvalue weighted by Crippen LogP contribution is 2.25. The molecule has 32 heavy (non-hydrogen) atoms. The van der Waals surface area contributed by atoms with Gasteiger partial charge in [-0.3, -0.25) is 9.59 Å². The van der Waals surface area contributed by atoms with E-state index in [0.717, 1.165) is 36.0 Å². The molecule has 5 heteroatoms. The molecule has 5 nitrogen and oxygen atoms in total. The van der Waals surface area contributed by atoms with Crippen molar-refractivity contribution in [1.29, 1.82) is 0 Å². The van der Waals surface area contributed by atoms with Crippen LogP contribution in [-0.4, -0.2) is 23.9 Å². The minimum atomic E-state index is -0.341. The predicted octanol–water partition coefficient (Wildman–Crippen LogP) is 6.33. The molecule has 1 unspecified atom stereocenters. The highest BCUT2D eigenvalue weighted by molar-refractivity contribution is 6.05. The van der Waals surface area contributed by atoms with Crippen molar-refractivity contribution >= 4 is 17.4 Å². The normalized spacial score (nSPS) is 11.6. The van der Waals surface area contributed by atoms with Crippen LogP contribution in [0.4, 0.5) is 5.69 Å². The number of nitrogens with one attached hydrogen (secondary N) is 1. The van der Waals surface area contributed by atoms with Gasteiger partial charge in [-0.2, -0.15) is 0 Å². The van der Waals surface area contributed by atoms with Crippen LogP contribution in [0.15, 0.2) is 66.7 Å². The number of unbranched alkanes of at least 4 members (excludes halogenated alkanes) is 1. The number of carbonyl (C=O) groups is 2. The summed E-state index contributed by atoms with van der Waals surface area (Å²) in [5.41, 5.74) is 3.66. The van der Waals surface area contributed by atoms with Crippen LogP contribution in [-0.2, 0) is 0 Å². The minimum Gasteiger partial charge on any atom is -0.508 e. The number of benzene rings is 3. The Morgan fingerprint density at radius 3 is 2.16 bits per heavy atom. The van der Waals surface area contributed by atoms with Crippen molar-refractivity contribution < 1.29 is 19.4 Å². The lowest BCUT2D eigenvalue weighted by atomic mass is 9.93. The summed E-state index contributed by atoms with van der Waals surface area (Å²) in [4.78, 5) is 25.1. The van der Waals surface area contributed by atoms with Crippen LogP contribution in [0.25, 0.3) is 11.1 Å². The molecule has 1 amide bonds. The molecule has 0 saturated carbocycles. The average Bonchev–Trinajstić information content (AvgIpc) is 2.82. The summed E-state index contributed by atoms with van der Waals surface area (Å²) < 4.78 is 5.09. The molecule has 3 aromatic carbocycles. The van der Waals surface area contributed by atoms with E-state index in [4.69, 9.17) is 4.74 Å². The number of Topliss-reactive ketones (excluding diaryl/α,β-unsaturated/α-hetero) is 1. The number of hydrogen-bond donors (Lipinski definition) is 2. The quantitative estimate of drug-likeness (QED) is 0.388. The van der Waals surface area contributed by atoms with E-state index in [0.29, 0.717) is 17.0 Å². The Labute approximate surface area is 189 Å². The molecule has 0 fully saturated rings. The van der Waals surface area contributed by atoms with E-state index in [-0.39, 0.29) is 23.4 Å². The topological polar surface area (TPSA) is 75.6 Å². The maximum atomic E-state index is 12.6. The first kappa shape index (κ1) is 23.1. The van der Waals surface area contributed by atoms with Gasteiger partial charge in [-0.05, 0) is 41.8 Å². The molecule has 0 aromatic heterocycles. The number of hydrogen-bond acceptors (Lipinski definition) is 4. The van der Waals surface area contributed by atoms with E-state index < -0.39 is 0 Å². The highest BCUT2D eigenvalue weighted by atomic mass is 16.5. The van der Waals surface area contributed by atoms with Gasteiger partial charge in [-0.15, -0.1) is 0 Å². The summed E-state index contributed by atoms with van der Waals surface area (Å²) in [5.74, 6) is 0.257. The fraction of sp³-hybridized carbons (Fsp3) is 0.259. The van der Waals surface area contributed by atoms with Crippen LogP contribution in [0, 0.1) is 5.92 Å². The standard InChI is InChI=1S/C27H29NO4/c1-4-5-6-18(2)26(30)21-9-7-19(8-10-21)20-11-13-23(14-12-20)28-27(31)22-15-24(29)17-25(16-22)32-3/h7-18,29H,4-6H2,1-3H3,(H,28,31). The van der Waals surface area contributed by atoms with Gasteiger partial charge in [-0.25, -0.2) is 0 Å².